The normalized spacial score (nSPS) is 26.1. The second-order valence-corrected chi connectivity index (χ2v) is 6.39. The van der Waals surface area contributed by atoms with Crippen LogP contribution in [0.5, 0.6) is 0 Å². The van der Waals surface area contributed by atoms with Crippen molar-refractivity contribution in [2.45, 2.75) is 32.2 Å². The van der Waals surface area contributed by atoms with Crippen LogP contribution in [0.25, 0.3) is 0 Å². The average molecular weight is 278 g/mol. The first-order valence-electron chi connectivity index (χ1n) is 7.71. The van der Waals surface area contributed by atoms with Gasteiger partial charge in [0.1, 0.15) is 0 Å². The largest absolute Gasteiger partial charge is 0.407 e. The molecule has 1 saturated carbocycles. The van der Waals surface area contributed by atoms with E-state index in [0.717, 1.165) is 45.3 Å². The summed E-state index contributed by atoms with van der Waals surface area (Å²) in [6.07, 6.45) is 5.54. The van der Waals surface area contributed by atoms with Crippen LogP contribution >= 0.6 is 0 Å². The number of hydrogen-bond acceptors (Lipinski definition) is 6. The smallest absolute Gasteiger partial charge is 0.318 e. The van der Waals surface area contributed by atoms with Gasteiger partial charge in [0.05, 0.1) is 19.8 Å². The van der Waals surface area contributed by atoms with Gasteiger partial charge in [0.2, 0.25) is 5.89 Å². The lowest BCUT2D eigenvalue weighted by molar-refractivity contribution is 0.119. The van der Waals surface area contributed by atoms with Crippen molar-refractivity contribution in [3.63, 3.8) is 0 Å². The lowest BCUT2D eigenvalue weighted by Gasteiger charge is -2.31. The second-order valence-electron chi connectivity index (χ2n) is 6.39. The van der Waals surface area contributed by atoms with Crippen molar-refractivity contribution in [2.24, 2.45) is 5.41 Å². The van der Waals surface area contributed by atoms with Gasteiger partial charge in [-0.25, -0.2) is 0 Å². The third kappa shape index (κ3) is 2.54. The molecule has 0 unspecified atom stereocenters. The minimum atomic E-state index is 0.644. The van der Waals surface area contributed by atoms with Crippen molar-refractivity contribution in [1.82, 2.24) is 15.1 Å². The Kier molecular flexibility index (Phi) is 3.15. The minimum absolute atomic E-state index is 0.644. The highest BCUT2D eigenvalue weighted by Crippen LogP contribution is 2.52. The molecule has 0 aromatic carbocycles. The Labute approximate surface area is 119 Å². The van der Waals surface area contributed by atoms with E-state index in [1.165, 1.54) is 32.2 Å². The van der Waals surface area contributed by atoms with E-state index in [1.807, 2.05) is 0 Å². The standard InChI is InChI=1S/C14H22N4O2/c1-2-14(3-4-14)11-17(5-1)10-12-15-16-13(20-12)18-6-8-19-9-7-18/h1-11H2. The third-order valence-electron chi connectivity index (χ3n) is 4.79. The van der Waals surface area contributed by atoms with Crippen LogP contribution in [-0.2, 0) is 11.3 Å². The van der Waals surface area contributed by atoms with Gasteiger partial charge in [0.15, 0.2) is 0 Å². The van der Waals surface area contributed by atoms with Gasteiger partial charge in [-0.1, -0.05) is 5.10 Å². The van der Waals surface area contributed by atoms with Crippen molar-refractivity contribution in [1.29, 1.82) is 0 Å². The number of rotatable bonds is 3. The molecule has 2 aliphatic heterocycles. The summed E-state index contributed by atoms with van der Waals surface area (Å²) in [6.45, 7) is 6.35. The Bertz CT molecular complexity index is 465. The number of morpholine rings is 1. The highest BCUT2D eigenvalue weighted by Gasteiger charge is 2.45. The molecule has 1 aromatic rings. The van der Waals surface area contributed by atoms with Gasteiger partial charge in [-0.2, -0.15) is 0 Å². The molecule has 1 aromatic heterocycles. The quantitative estimate of drug-likeness (QED) is 0.830. The molecular formula is C14H22N4O2. The molecule has 1 spiro atoms. The van der Waals surface area contributed by atoms with E-state index in [1.54, 1.807) is 0 Å². The van der Waals surface area contributed by atoms with Gasteiger partial charge < -0.3 is 14.1 Å². The topological polar surface area (TPSA) is 54.6 Å². The van der Waals surface area contributed by atoms with Crippen molar-refractivity contribution < 1.29 is 9.15 Å². The Morgan fingerprint density at radius 3 is 2.70 bits per heavy atom. The van der Waals surface area contributed by atoms with E-state index < -0.39 is 0 Å². The summed E-state index contributed by atoms with van der Waals surface area (Å²) in [7, 11) is 0. The van der Waals surface area contributed by atoms with Gasteiger partial charge in [-0.05, 0) is 37.6 Å². The van der Waals surface area contributed by atoms with E-state index in [4.69, 9.17) is 9.15 Å². The van der Waals surface area contributed by atoms with Gasteiger partial charge in [-0.15, -0.1) is 5.10 Å². The Morgan fingerprint density at radius 2 is 1.90 bits per heavy atom. The maximum absolute atomic E-state index is 5.82. The fraction of sp³-hybridized carbons (Fsp3) is 0.857. The van der Waals surface area contributed by atoms with Crippen LogP contribution in [0.2, 0.25) is 0 Å². The van der Waals surface area contributed by atoms with Crippen LogP contribution in [-0.4, -0.2) is 54.5 Å². The van der Waals surface area contributed by atoms with Crippen molar-refractivity contribution >= 4 is 6.01 Å². The fourth-order valence-electron chi connectivity index (χ4n) is 3.41. The number of anilines is 1. The molecule has 0 bridgehead atoms. The average Bonchev–Trinajstić information content (AvgIpc) is 3.05. The summed E-state index contributed by atoms with van der Waals surface area (Å²) in [5, 5.41) is 8.40. The zero-order chi connectivity index (χ0) is 13.4. The second kappa shape index (κ2) is 5.00. The zero-order valence-electron chi connectivity index (χ0n) is 11.9. The Morgan fingerprint density at radius 1 is 1.05 bits per heavy atom. The highest BCUT2D eigenvalue weighted by molar-refractivity contribution is 5.24. The summed E-state index contributed by atoms with van der Waals surface area (Å²) in [5.41, 5.74) is 0.644. The predicted molar refractivity (Wildman–Crippen MR) is 73.5 cm³/mol. The van der Waals surface area contributed by atoms with Crippen LogP contribution in [0.4, 0.5) is 6.01 Å². The van der Waals surface area contributed by atoms with E-state index in [-0.39, 0.29) is 0 Å². The highest BCUT2D eigenvalue weighted by atomic mass is 16.5. The number of nitrogens with zero attached hydrogens (tertiary/aromatic N) is 4. The van der Waals surface area contributed by atoms with Gasteiger partial charge in [0.25, 0.3) is 0 Å². The fourth-order valence-corrected chi connectivity index (χ4v) is 3.41. The molecule has 4 rings (SSSR count). The monoisotopic (exact) mass is 278 g/mol. The summed E-state index contributed by atoms with van der Waals surface area (Å²) < 4.78 is 11.2. The molecule has 110 valence electrons. The summed E-state index contributed by atoms with van der Waals surface area (Å²) in [4.78, 5) is 4.59. The first-order chi connectivity index (χ1) is 9.83. The minimum Gasteiger partial charge on any atom is -0.407 e. The Hall–Kier alpha value is -1.14. The van der Waals surface area contributed by atoms with Crippen LogP contribution in [0.3, 0.4) is 0 Å². The van der Waals surface area contributed by atoms with Gasteiger partial charge in [0, 0.05) is 19.6 Å². The van der Waals surface area contributed by atoms with Crippen LogP contribution in [0.15, 0.2) is 4.42 Å². The van der Waals surface area contributed by atoms with Crippen LogP contribution in [0.1, 0.15) is 31.6 Å². The van der Waals surface area contributed by atoms with Crippen LogP contribution in [0, 0.1) is 5.41 Å². The molecule has 3 fully saturated rings. The van der Waals surface area contributed by atoms with Gasteiger partial charge >= 0.3 is 6.01 Å². The lowest BCUT2D eigenvalue weighted by atomic mass is 9.95. The molecule has 6 heteroatoms. The molecule has 0 N–H and O–H groups in total. The summed E-state index contributed by atoms with van der Waals surface area (Å²) >= 11 is 0. The van der Waals surface area contributed by atoms with E-state index in [0.29, 0.717) is 11.4 Å². The number of hydrogen-bond donors (Lipinski definition) is 0. The van der Waals surface area contributed by atoms with E-state index in [9.17, 15) is 0 Å². The van der Waals surface area contributed by atoms with Crippen molar-refractivity contribution in [3.05, 3.63) is 5.89 Å². The van der Waals surface area contributed by atoms with E-state index >= 15 is 0 Å². The number of aromatic nitrogens is 2. The third-order valence-corrected chi connectivity index (χ3v) is 4.79. The Balaban J connectivity index is 1.38. The molecule has 0 amide bonds. The molecule has 0 radical (unpaired) electrons. The molecule has 3 heterocycles. The first-order valence-corrected chi connectivity index (χ1v) is 7.71. The summed E-state index contributed by atoms with van der Waals surface area (Å²) in [6, 6.07) is 0.654. The maximum Gasteiger partial charge on any atom is 0.318 e. The van der Waals surface area contributed by atoms with Gasteiger partial charge in [-0.3, -0.25) is 4.90 Å². The van der Waals surface area contributed by atoms with Crippen molar-refractivity contribution in [3.8, 4) is 0 Å². The predicted octanol–water partition coefficient (Wildman–Crippen LogP) is 1.28. The molecule has 1 aliphatic carbocycles. The molecular weight excluding hydrogens is 256 g/mol. The van der Waals surface area contributed by atoms with Crippen molar-refractivity contribution in [2.75, 3.05) is 44.3 Å². The lowest BCUT2D eigenvalue weighted by Crippen LogP contribution is -2.36. The molecule has 2 saturated heterocycles. The number of ether oxygens (including phenoxy) is 1. The summed E-state index contributed by atoms with van der Waals surface area (Å²) in [5.74, 6) is 0.754. The first kappa shape index (κ1) is 12.6. The maximum atomic E-state index is 5.82. The molecule has 0 atom stereocenters. The van der Waals surface area contributed by atoms with Crippen LogP contribution < -0.4 is 4.90 Å². The molecule has 6 nitrogen and oxygen atoms in total. The SMILES string of the molecule is C1CN(Cc2nnc(N3CCOCC3)o2)CC2(C1)CC2. The number of piperidine rings is 1. The molecule has 3 aliphatic rings. The number of likely N-dealkylation sites (tertiary alicyclic amines) is 1. The molecule has 20 heavy (non-hydrogen) atoms. The zero-order valence-corrected chi connectivity index (χ0v) is 11.9. The van der Waals surface area contributed by atoms with E-state index in [2.05, 4.69) is 20.0 Å².